The van der Waals surface area contributed by atoms with Crippen LogP contribution in [0.5, 0.6) is 0 Å². The number of anilines is 1. The first-order chi connectivity index (χ1) is 15.2. The second kappa shape index (κ2) is 8.82. The molecule has 1 fully saturated rings. The molecular formula is C23H22F3N3O2S. The zero-order valence-corrected chi connectivity index (χ0v) is 18.2. The SMILES string of the molecule is Cc1ccc(-c2csc(=O)n2CC(=O)N2CCN(c3cccc(C(F)(F)F)c3)CC2)cc1. The molecule has 168 valence electrons. The van der Waals surface area contributed by atoms with Gasteiger partial charge in [-0.05, 0) is 30.7 Å². The second-order valence-electron chi connectivity index (χ2n) is 7.75. The van der Waals surface area contributed by atoms with Crippen LogP contribution in [-0.4, -0.2) is 41.6 Å². The quantitative estimate of drug-likeness (QED) is 0.584. The Labute approximate surface area is 187 Å². The van der Waals surface area contributed by atoms with Crippen molar-refractivity contribution in [1.29, 1.82) is 0 Å². The number of aryl methyl sites for hydroxylation is 1. The monoisotopic (exact) mass is 461 g/mol. The highest BCUT2D eigenvalue weighted by molar-refractivity contribution is 7.07. The summed E-state index contributed by atoms with van der Waals surface area (Å²) in [5.41, 5.74) is 2.48. The lowest BCUT2D eigenvalue weighted by Crippen LogP contribution is -2.50. The third kappa shape index (κ3) is 4.72. The highest BCUT2D eigenvalue weighted by Crippen LogP contribution is 2.32. The van der Waals surface area contributed by atoms with Crippen molar-refractivity contribution in [3.05, 3.63) is 74.7 Å². The van der Waals surface area contributed by atoms with Crippen LogP contribution >= 0.6 is 11.3 Å². The number of amides is 1. The van der Waals surface area contributed by atoms with Gasteiger partial charge in [-0.25, -0.2) is 0 Å². The Hall–Kier alpha value is -3.07. The van der Waals surface area contributed by atoms with E-state index < -0.39 is 11.7 Å². The van der Waals surface area contributed by atoms with E-state index in [1.807, 2.05) is 36.1 Å². The van der Waals surface area contributed by atoms with E-state index in [0.29, 0.717) is 37.6 Å². The van der Waals surface area contributed by atoms with E-state index in [1.165, 1.54) is 10.6 Å². The standard InChI is InChI=1S/C23H22F3N3O2S/c1-16-5-7-17(8-6-16)20-15-32-22(31)29(20)14-21(30)28-11-9-27(10-12-28)19-4-2-3-18(13-19)23(24,25)26/h2-8,13,15H,9-12,14H2,1H3. The number of carbonyl (C=O) groups excluding carboxylic acids is 1. The van der Waals surface area contributed by atoms with Gasteiger partial charge in [0.2, 0.25) is 5.91 Å². The molecule has 5 nitrogen and oxygen atoms in total. The van der Waals surface area contributed by atoms with Crippen LogP contribution in [0.3, 0.4) is 0 Å². The van der Waals surface area contributed by atoms with Gasteiger partial charge in [0.05, 0.1) is 11.3 Å². The molecule has 2 heterocycles. The van der Waals surface area contributed by atoms with Crippen molar-refractivity contribution in [2.45, 2.75) is 19.6 Å². The van der Waals surface area contributed by atoms with Gasteiger partial charge in [-0.1, -0.05) is 47.2 Å². The minimum absolute atomic E-state index is 0.0604. The average molecular weight is 462 g/mol. The Morgan fingerprint density at radius 1 is 1.03 bits per heavy atom. The molecule has 0 saturated carbocycles. The number of hydrogen-bond acceptors (Lipinski definition) is 4. The van der Waals surface area contributed by atoms with Crippen molar-refractivity contribution >= 4 is 22.9 Å². The van der Waals surface area contributed by atoms with Crippen molar-refractivity contribution in [3.63, 3.8) is 0 Å². The number of halogens is 3. The van der Waals surface area contributed by atoms with Crippen molar-refractivity contribution < 1.29 is 18.0 Å². The van der Waals surface area contributed by atoms with Crippen molar-refractivity contribution in [1.82, 2.24) is 9.47 Å². The normalized spacial score (nSPS) is 14.6. The molecule has 1 saturated heterocycles. The summed E-state index contributed by atoms with van der Waals surface area (Å²) < 4.78 is 40.5. The molecule has 1 amide bonds. The fourth-order valence-corrected chi connectivity index (χ4v) is 4.52. The zero-order chi connectivity index (χ0) is 22.9. The first-order valence-electron chi connectivity index (χ1n) is 10.2. The van der Waals surface area contributed by atoms with Crippen molar-refractivity contribution in [3.8, 4) is 11.3 Å². The van der Waals surface area contributed by atoms with Crippen LogP contribution in [0.4, 0.5) is 18.9 Å². The molecule has 0 unspecified atom stereocenters. The Kier molecular flexibility index (Phi) is 6.10. The summed E-state index contributed by atoms with van der Waals surface area (Å²) >= 11 is 1.06. The van der Waals surface area contributed by atoms with Gasteiger partial charge in [0.1, 0.15) is 6.54 Å². The van der Waals surface area contributed by atoms with Crippen LogP contribution in [0.1, 0.15) is 11.1 Å². The maximum absolute atomic E-state index is 13.0. The van der Waals surface area contributed by atoms with Crippen LogP contribution in [0.25, 0.3) is 11.3 Å². The van der Waals surface area contributed by atoms with Gasteiger partial charge < -0.3 is 9.80 Å². The lowest BCUT2D eigenvalue weighted by Gasteiger charge is -2.36. The lowest BCUT2D eigenvalue weighted by atomic mass is 10.1. The first-order valence-corrected chi connectivity index (χ1v) is 11.1. The van der Waals surface area contributed by atoms with Gasteiger partial charge in [-0.3, -0.25) is 14.2 Å². The predicted molar refractivity (Wildman–Crippen MR) is 119 cm³/mol. The summed E-state index contributed by atoms with van der Waals surface area (Å²) in [5, 5.41) is 1.76. The number of carbonyl (C=O) groups is 1. The molecule has 32 heavy (non-hydrogen) atoms. The number of rotatable bonds is 4. The highest BCUT2D eigenvalue weighted by atomic mass is 32.1. The summed E-state index contributed by atoms with van der Waals surface area (Å²) in [6.07, 6.45) is -4.39. The summed E-state index contributed by atoms with van der Waals surface area (Å²) in [6.45, 7) is 3.54. The van der Waals surface area contributed by atoms with Crippen LogP contribution in [-0.2, 0) is 17.5 Å². The molecule has 0 spiro atoms. The number of alkyl halides is 3. The molecule has 3 aromatic rings. The summed E-state index contributed by atoms with van der Waals surface area (Å²) in [4.78, 5) is 28.5. The third-order valence-electron chi connectivity index (χ3n) is 5.59. The average Bonchev–Trinajstić information content (AvgIpc) is 3.14. The van der Waals surface area contributed by atoms with Gasteiger partial charge in [0, 0.05) is 37.2 Å². The van der Waals surface area contributed by atoms with Crippen molar-refractivity contribution in [2.75, 3.05) is 31.1 Å². The molecule has 0 N–H and O–H groups in total. The Morgan fingerprint density at radius 3 is 2.38 bits per heavy atom. The number of thiazole rings is 1. The molecule has 0 atom stereocenters. The predicted octanol–water partition coefficient (Wildman–Crippen LogP) is 4.25. The molecule has 4 rings (SSSR count). The Bertz CT molecular complexity index is 1160. The topological polar surface area (TPSA) is 45.6 Å². The van der Waals surface area contributed by atoms with Crippen LogP contribution in [0.2, 0.25) is 0 Å². The molecule has 0 bridgehead atoms. The number of hydrogen-bond donors (Lipinski definition) is 0. The highest BCUT2D eigenvalue weighted by Gasteiger charge is 2.31. The van der Waals surface area contributed by atoms with E-state index in [1.54, 1.807) is 16.3 Å². The van der Waals surface area contributed by atoms with Crippen LogP contribution in [0, 0.1) is 6.92 Å². The number of benzene rings is 2. The van der Waals surface area contributed by atoms with E-state index in [9.17, 15) is 22.8 Å². The van der Waals surface area contributed by atoms with E-state index >= 15 is 0 Å². The van der Waals surface area contributed by atoms with E-state index in [2.05, 4.69) is 0 Å². The van der Waals surface area contributed by atoms with Gasteiger partial charge in [-0.15, -0.1) is 0 Å². The molecule has 2 aromatic carbocycles. The van der Waals surface area contributed by atoms with Gasteiger partial charge in [-0.2, -0.15) is 13.2 Å². The van der Waals surface area contributed by atoms with Crippen LogP contribution < -0.4 is 9.77 Å². The minimum Gasteiger partial charge on any atom is -0.368 e. The first kappa shape index (κ1) is 22.1. The molecule has 1 aromatic heterocycles. The van der Waals surface area contributed by atoms with E-state index in [4.69, 9.17) is 0 Å². The van der Waals surface area contributed by atoms with E-state index in [-0.39, 0.29) is 17.3 Å². The summed E-state index contributed by atoms with van der Waals surface area (Å²) in [5.74, 6) is -0.178. The Morgan fingerprint density at radius 2 is 1.72 bits per heavy atom. The van der Waals surface area contributed by atoms with Crippen molar-refractivity contribution in [2.24, 2.45) is 0 Å². The Balaban J connectivity index is 1.43. The zero-order valence-electron chi connectivity index (χ0n) is 17.4. The number of piperazine rings is 1. The van der Waals surface area contributed by atoms with E-state index in [0.717, 1.165) is 34.6 Å². The van der Waals surface area contributed by atoms with Crippen LogP contribution in [0.15, 0.2) is 58.7 Å². The third-order valence-corrected chi connectivity index (χ3v) is 6.36. The smallest absolute Gasteiger partial charge is 0.368 e. The largest absolute Gasteiger partial charge is 0.416 e. The lowest BCUT2D eigenvalue weighted by molar-refractivity contribution is -0.137. The van der Waals surface area contributed by atoms with Gasteiger partial charge >= 0.3 is 11.0 Å². The van der Waals surface area contributed by atoms with Gasteiger partial charge in [0.15, 0.2) is 0 Å². The number of aromatic nitrogens is 1. The number of nitrogens with zero attached hydrogens (tertiary/aromatic N) is 3. The minimum atomic E-state index is -4.39. The molecule has 1 aliphatic rings. The fraction of sp³-hybridized carbons (Fsp3) is 0.304. The molecule has 0 radical (unpaired) electrons. The second-order valence-corrected chi connectivity index (χ2v) is 8.58. The molecule has 1 aliphatic heterocycles. The molecule has 0 aliphatic carbocycles. The maximum Gasteiger partial charge on any atom is 0.416 e. The maximum atomic E-state index is 13.0. The molecular weight excluding hydrogens is 439 g/mol. The fourth-order valence-electron chi connectivity index (χ4n) is 3.76. The summed E-state index contributed by atoms with van der Waals surface area (Å²) in [6, 6.07) is 13.0. The molecule has 9 heteroatoms. The van der Waals surface area contributed by atoms with Gasteiger partial charge in [0.25, 0.3) is 0 Å². The summed E-state index contributed by atoms with van der Waals surface area (Å²) in [7, 11) is 0.